The summed E-state index contributed by atoms with van der Waals surface area (Å²) in [6.45, 7) is 0. The van der Waals surface area contributed by atoms with Crippen molar-refractivity contribution in [3.8, 4) is 11.4 Å². The molecule has 0 aliphatic rings. The van der Waals surface area contributed by atoms with E-state index in [1.54, 1.807) is 34.5 Å². The van der Waals surface area contributed by atoms with Crippen molar-refractivity contribution >= 4 is 35.4 Å². The van der Waals surface area contributed by atoms with Crippen LogP contribution in [0.3, 0.4) is 0 Å². The van der Waals surface area contributed by atoms with Gasteiger partial charge in [-0.15, -0.1) is 0 Å². The monoisotopic (exact) mass is 273 g/mol. The molecule has 84 valence electrons. The van der Waals surface area contributed by atoms with Crippen LogP contribution in [-0.4, -0.2) is 14.3 Å². The van der Waals surface area contributed by atoms with E-state index in [9.17, 15) is 0 Å². The second-order valence-corrected chi connectivity index (χ2v) is 4.57. The maximum Gasteiger partial charge on any atom is 0.197 e. The highest BCUT2D eigenvalue weighted by Gasteiger charge is 2.14. The van der Waals surface area contributed by atoms with Crippen molar-refractivity contribution in [2.24, 2.45) is 14.1 Å². The summed E-state index contributed by atoms with van der Waals surface area (Å²) >= 11 is 17.4. The smallest absolute Gasteiger partial charge is 0.197 e. The zero-order valence-corrected chi connectivity index (χ0v) is 11.1. The molecular formula is C10H9Cl2N3S. The van der Waals surface area contributed by atoms with Crippen LogP contribution in [0.25, 0.3) is 11.4 Å². The minimum atomic E-state index is 0.566. The Hall–Kier alpha value is -0.840. The lowest BCUT2D eigenvalue weighted by Crippen LogP contribution is -1.94. The summed E-state index contributed by atoms with van der Waals surface area (Å²) < 4.78 is 4.01. The minimum Gasteiger partial charge on any atom is -0.303 e. The zero-order chi connectivity index (χ0) is 11.9. The van der Waals surface area contributed by atoms with Gasteiger partial charge in [-0.05, 0) is 24.4 Å². The SMILES string of the molecule is Cn1nc(-c2c(Cl)cccc2Cl)n(C)c1=S. The molecule has 0 radical (unpaired) electrons. The molecule has 0 N–H and O–H groups in total. The Bertz CT molecular complexity index is 580. The average molecular weight is 274 g/mol. The number of hydrogen-bond acceptors (Lipinski definition) is 2. The fourth-order valence-electron chi connectivity index (χ4n) is 1.49. The summed E-state index contributed by atoms with van der Waals surface area (Å²) in [6.07, 6.45) is 0. The molecule has 1 aromatic carbocycles. The molecule has 1 heterocycles. The van der Waals surface area contributed by atoms with E-state index in [1.807, 2.05) is 7.05 Å². The van der Waals surface area contributed by atoms with Gasteiger partial charge in [0.05, 0.1) is 15.6 Å². The first kappa shape index (κ1) is 11.6. The number of benzene rings is 1. The summed E-state index contributed by atoms with van der Waals surface area (Å²) in [5, 5.41) is 5.44. The van der Waals surface area contributed by atoms with Crippen LogP contribution in [0.5, 0.6) is 0 Å². The highest BCUT2D eigenvalue weighted by Crippen LogP contribution is 2.33. The molecule has 3 nitrogen and oxygen atoms in total. The molecule has 0 saturated carbocycles. The molecule has 0 aliphatic heterocycles. The Morgan fingerprint density at radius 2 is 1.75 bits per heavy atom. The van der Waals surface area contributed by atoms with Gasteiger partial charge in [0, 0.05) is 14.1 Å². The number of hydrogen-bond donors (Lipinski definition) is 0. The summed E-state index contributed by atoms with van der Waals surface area (Å²) in [4.78, 5) is 0. The predicted octanol–water partition coefficient (Wildman–Crippen LogP) is 3.46. The normalized spacial score (nSPS) is 10.8. The molecule has 0 fully saturated rings. The van der Waals surface area contributed by atoms with E-state index in [4.69, 9.17) is 35.4 Å². The van der Waals surface area contributed by atoms with E-state index < -0.39 is 0 Å². The van der Waals surface area contributed by atoms with Crippen molar-refractivity contribution < 1.29 is 0 Å². The first-order valence-corrected chi connectivity index (χ1v) is 5.73. The van der Waals surface area contributed by atoms with Gasteiger partial charge < -0.3 is 4.57 Å². The summed E-state index contributed by atoms with van der Waals surface area (Å²) in [5.74, 6) is 0.670. The molecule has 16 heavy (non-hydrogen) atoms. The number of aryl methyl sites for hydroxylation is 1. The van der Waals surface area contributed by atoms with Crippen LogP contribution < -0.4 is 0 Å². The summed E-state index contributed by atoms with van der Waals surface area (Å²) in [6, 6.07) is 5.35. The van der Waals surface area contributed by atoms with Gasteiger partial charge in [-0.25, -0.2) is 4.68 Å². The van der Waals surface area contributed by atoms with E-state index >= 15 is 0 Å². The van der Waals surface area contributed by atoms with E-state index in [0.29, 0.717) is 26.2 Å². The standard InChI is InChI=1S/C10H9Cl2N3S/c1-14-9(13-15(2)10(14)16)8-6(11)4-3-5-7(8)12/h3-5H,1-2H3. The second-order valence-electron chi connectivity index (χ2n) is 3.39. The lowest BCUT2D eigenvalue weighted by atomic mass is 10.2. The summed E-state index contributed by atoms with van der Waals surface area (Å²) in [7, 11) is 3.63. The van der Waals surface area contributed by atoms with E-state index in [0.717, 1.165) is 0 Å². The molecule has 0 atom stereocenters. The third-order valence-corrected chi connectivity index (χ3v) is 3.48. The van der Waals surface area contributed by atoms with Crippen LogP contribution in [0, 0.1) is 4.77 Å². The number of nitrogens with zero attached hydrogens (tertiary/aromatic N) is 3. The van der Waals surface area contributed by atoms with Gasteiger partial charge >= 0.3 is 0 Å². The largest absolute Gasteiger partial charge is 0.303 e. The molecule has 6 heteroatoms. The van der Waals surface area contributed by atoms with Crippen LogP contribution in [0.2, 0.25) is 10.0 Å². The molecule has 0 saturated heterocycles. The van der Waals surface area contributed by atoms with Crippen molar-refractivity contribution in [2.45, 2.75) is 0 Å². The molecule has 2 rings (SSSR count). The maximum absolute atomic E-state index is 6.12. The van der Waals surface area contributed by atoms with Crippen molar-refractivity contribution in [1.29, 1.82) is 0 Å². The Morgan fingerprint density at radius 3 is 2.19 bits per heavy atom. The van der Waals surface area contributed by atoms with Crippen LogP contribution in [-0.2, 0) is 14.1 Å². The quantitative estimate of drug-likeness (QED) is 0.743. The number of halogens is 2. The molecule has 0 unspecified atom stereocenters. The predicted molar refractivity (Wildman–Crippen MR) is 68.5 cm³/mol. The molecule has 1 aromatic heterocycles. The van der Waals surface area contributed by atoms with Crippen molar-refractivity contribution in [1.82, 2.24) is 14.3 Å². The third-order valence-electron chi connectivity index (χ3n) is 2.31. The fourth-order valence-corrected chi connectivity index (χ4v) is 2.18. The van der Waals surface area contributed by atoms with Crippen molar-refractivity contribution in [2.75, 3.05) is 0 Å². The van der Waals surface area contributed by atoms with Gasteiger partial charge in [0.1, 0.15) is 0 Å². The topological polar surface area (TPSA) is 22.8 Å². The molecular weight excluding hydrogens is 265 g/mol. The van der Waals surface area contributed by atoms with Crippen molar-refractivity contribution in [3.63, 3.8) is 0 Å². The summed E-state index contributed by atoms with van der Waals surface area (Å²) in [5.41, 5.74) is 0.708. The number of aromatic nitrogens is 3. The Balaban J connectivity index is 2.77. The van der Waals surface area contributed by atoms with Gasteiger partial charge in [-0.3, -0.25) is 0 Å². The molecule has 0 aliphatic carbocycles. The van der Waals surface area contributed by atoms with E-state index in [1.165, 1.54) is 0 Å². The highest BCUT2D eigenvalue weighted by atomic mass is 35.5. The van der Waals surface area contributed by atoms with E-state index in [-0.39, 0.29) is 0 Å². The van der Waals surface area contributed by atoms with E-state index in [2.05, 4.69) is 5.10 Å². The molecule has 2 aromatic rings. The second kappa shape index (κ2) is 4.20. The Kier molecular flexibility index (Phi) is 3.06. The Labute approximate surface area is 108 Å². The van der Waals surface area contributed by atoms with Crippen LogP contribution in [0.4, 0.5) is 0 Å². The van der Waals surface area contributed by atoms with Crippen LogP contribution in [0.1, 0.15) is 0 Å². The first-order chi connectivity index (χ1) is 7.52. The minimum absolute atomic E-state index is 0.566. The fraction of sp³-hybridized carbons (Fsp3) is 0.200. The van der Waals surface area contributed by atoms with Crippen LogP contribution >= 0.6 is 35.4 Å². The van der Waals surface area contributed by atoms with Gasteiger partial charge in [-0.1, -0.05) is 29.3 Å². The van der Waals surface area contributed by atoms with Crippen molar-refractivity contribution in [3.05, 3.63) is 33.0 Å². The Morgan fingerprint density at radius 1 is 1.19 bits per heavy atom. The first-order valence-electron chi connectivity index (χ1n) is 4.56. The van der Waals surface area contributed by atoms with Gasteiger partial charge in [0.15, 0.2) is 10.6 Å². The lowest BCUT2D eigenvalue weighted by Gasteiger charge is -2.05. The van der Waals surface area contributed by atoms with Crippen LogP contribution in [0.15, 0.2) is 18.2 Å². The average Bonchev–Trinajstić information content (AvgIpc) is 2.47. The third kappa shape index (κ3) is 1.77. The van der Waals surface area contributed by atoms with Gasteiger partial charge in [0.25, 0.3) is 0 Å². The molecule has 0 amide bonds. The van der Waals surface area contributed by atoms with Gasteiger partial charge in [-0.2, -0.15) is 5.10 Å². The van der Waals surface area contributed by atoms with Gasteiger partial charge in [0.2, 0.25) is 0 Å². The lowest BCUT2D eigenvalue weighted by molar-refractivity contribution is 0.741. The molecule has 0 spiro atoms. The highest BCUT2D eigenvalue weighted by molar-refractivity contribution is 7.71. The molecule has 0 bridgehead atoms. The number of rotatable bonds is 1. The maximum atomic E-state index is 6.12. The zero-order valence-electron chi connectivity index (χ0n) is 8.74.